The molecule has 36 heavy (non-hydrogen) atoms. The molecule has 7 heteroatoms. The second kappa shape index (κ2) is 11.1. The van der Waals surface area contributed by atoms with Crippen LogP contribution in [0.1, 0.15) is 35.5 Å². The zero-order valence-corrected chi connectivity index (χ0v) is 20.9. The topological polar surface area (TPSA) is 56.6 Å². The first kappa shape index (κ1) is 25.0. The minimum Gasteiger partial charge on any atom is -0.493 e. The van der Waals surface area contributed by atoms with Crippen LogP contribution >= 0.6 is 0 Å². The lowest BCUT2D eigenvalue weighted by Gasteiger charge is -2.25. The monoisotopic (exact) mass is 487 g/mol. The largest absolute Gasteiger partial charge is 0.493 e. The molecule has 186 valence electrons. The summed E-state index contributed by atoms with van der Waals surface area (Å²) in [5, 5.41) is 4.77. The molecule has 3 aromatic carbocycles. The van der Waals surface area contributed by atoms with Gasteiger partial charge in [0.25, 0.3) is 5.91 Å². The van der Waals surface area contributed by atoms with Crippen LogP contribution in [-0.4, -0.2) is 34.2 Å². The standard InChI is InChI=1S/C29H30FN3O3/c1-20(2)18-32(28(34)22-14-16-23(30)17-15-22)19-25-21(3)31-33(24-10-6-5-7-11-24)29(25)36-27-13-9-8-12-26(27)35-4/h5-17,20H,18-19H2,1-4H3. The molecule has 1 aromatic heterocycles. The van der Waals surface area contributed by atoms with Gasteiger partial charge in [0, 0.05) is 12.1 Å². The van der Waals surface area contributed by atoms with Crippen LogP contribution in [-0.2, 0) is 6.54 Å². The summed E-state index contributed by atoms with van der Waals surface area (Å²) in [5.74, 6) is 1.29. The molecule has 1 heterocycles. The number of halogens is 1. The molecule has 0 atom stereocenters. The van der Waals surface area contributed by atoms with Gasteiger partial charge in [-0.3, -0.25) is 4.79 Å². The van der Waals surface area contributed by atoms with Gasteiger partial charge in [0.15, 0.2) is 11.5 Å². The number of amides is 1. The first-order chi connectivity index (χ1) is 17.4. The molecule has 1 amide bonds. The van der Waals surface area contributed by atoms with Gasteiger partial charge in [-0.25, -0.2) is 9.07 Å². The Balaban J connectivity index is 1.78. The maximum atomic E-state index is 13.5. The molecule has 0 fully saturated rings. The zero-order valence-electron chi connectivity index (χ0n) is 20.9. The predicted molar refractivity (Wildman–Crippen MR) is 137 cm³/mol. The highest BCUT2D eigenvalue weighted by molar-refractivity contribution is 5.94. The van der Waals surface area contributed by atoms with Gasteiger partial charge in [-0.1, -0.05) is 44.2 Å². The van der Waals surface area contributed by atoms with Gasteiger partial charge in [-0.2, -0.15) is 5.10 Å². The van der Waals surface area contributed by atoms with E-state index in [1.165, 1.54) is 24.3 Å². The van der Waals surface area contributed by atoms with Crippen LogP contribution in [0.5, 0.6) is 17.4 Å². The Hall–Kier alpha value is -4.13. The number of carbonyl (C=O) groups is 1. The van der Waals surface area contributed by atoms with Crippen molar-refractivity contribution in [2.24, 2.45) is 5.92 Å². The summed E-state index contributed by atoms with van der Waals surface area (Å²) in [4.78, 5) is 15.2. The highest BCUT2D eigenvalue weighted by Gasteiger charge is 2.25. The van der Waals surface area contributed by atoms with Crippen molar-refractivity contribution in [1.29, 1.82) is 0 Å². The number of ether oxygens (including phenoxy) is 2. The predicted octanol–water partition coefficient (Wildman–Crippen LogP) is 6.42. The van der Waals surface area contributed by atoms with Gasteiger partial charge in [-0.05, 0) is 61.4 Å². The van der Waals surface area contributed by atoms with E-state index in [-0.39, 0.29) is 24.2 Å². The minimum atomic E-state index is -0.380. The van der Waals surface area contributed by atoms with E-state index in [0.717, 1.165) is 16.9 Å². The SMILES string of the molecule is COc1ccccc1Oc1c(CN(CC(C)C)C(=O)c2ccc(F)cc2)c(C)nn1-c1ccccc1. The van der Waals surface area contributed by atoms with Crippen molar-refractivity contribution in [2.45, 2.75) is 27.3 Å². The fourth-order valence-electron chi connectivity index (χ4n) is 4.00. The van der Waals surface area contributed by atoms with E-state index in [9.17, 15) is 9.18 Å². The first-order valence-electron chi connectivity index (χ1n) is 11.9. The number of aryl methyl sites for hydroxylation is 1. The summed E-state index contributed by atoms with van der Waals surface area (Å²) in [6, 6.07) is 22.7. The molecule has 0 unspecified atom stereocenters. The van der Waals surface area contributed by atoms with Gasteiger partial charge >= 0.3 is 0 Å². The highest BCUT2D eigenvalue weighted by atomic mass is 19.1. The minimum absolute atomic E-state index is 0.182. The number of hydrogen-bond acceptors (Lipinski definition) is 4. The maximum absolute atomic E-state index is 13.5. The summed E-state index contributed by atoms with van der Waals surface area (Å²) < 4.78 is 27.2. The first-order valence-corrected chi connectivity index (χ1v) is 11.9. The lowest BCUT2D eigenvalue weighted by molar-refractivity contribution is 0.0721. The molecule has 0 bridgehead atoms. The lowest BCUT2D eigenvalue weighted by atomic mass is 10.1. The average molecular weight is 488 g/mol. The van der Waals surface area contributed by atoms with Crippen molar-refractivity contribution in [3.8, 4) is 23.1 Å². The third-order valence-corrected chi connectivity index (χ3v) is 5.73. The van der Waals surface area contributed by atoms with Gasteiger partial charge in [0.05, 0.1) is 30.6 Å². The van der Waals surface area contributed by atoms with E-state index < -0.39 is 0 Å². The van der Waals surface area contributed by atoms with E-state index in [2.05, 4.69) is 13.8 Å². The number of hydrogen-bond donors (Lipinski definition) is 0. The zero-order chi connectivity index (χ0) is 25.7. The summed E-state index contributed by atoms with van der Waals surface area (Å²) in [5.41, 5.74) is 2.78. The smallest absolute Gasteiger partial charge is 0.254 e. The van der Waals surface area contributed by atoms with Crippen LogP contribution in [0.2, 0.25) is 0 Å². The number of rotatable bonds is 9. The van der Waals surface area contributed by atoms with Crippen LogP contribution in [0.15, 0.2) is 78.9 Å². The van der Waals surface area contributed by atoms with Crippen LogP contribution in [0.4, 0.5) is 4.39 Å². The molecule has 0 radical (unpaired) electrons. The molecular formula is C29H30FN3O3. The van der Waals surface area contributed by atoms with Gasteiger partial charge in [0.1, 0.15) is 5.82 Å². The second-order valence-electron chi connectivity index (χ2n) is 8.96. The summed E-state index contributed by atoms with van der Waals surface area (Å²) in [6.07, 6.45) is 0. The lowest BCUT2D eigenvalue weighted by Crippen LogP contribution is -2.34. The Kier molecular flexibility index (Phi) is 7.68. The Morgan fingerprint density at radius 1 is 0.972 bits per heavy atom. The van der Waals surface area contributed by atoms with Crippen LogP contribution < -0.4 is 9.47 Å². The molecular weight excluding hydrogens is 457 g/mol. The number of benzene rings is 3. The summed E-state index contributed by atoms with van der Waals surface area (Å²) in [6.45, 7) is 6.80. The number of methoxy groups -OCH3 is 1. The number of aromatic nitrogens is 2. The Labute approximate surface area is 210 Å². The van der Waals surface area contributed by atoms with Gasteiger partial charge in [0.2, 0.25) is 5.88 Å². The van der Waals surface area contributed by atoms with E-state index in [1.54, 1.807) is 16.7 Å². The molecule has 4 rings (SSSR count). The molecule has 0 N–H and O–H groups in total. The Morgan fingerprint density at radius 2 is 1.61 bits per heavy atom. The van der Waals surface area contributed by atoms with Crippen molar-refractivity contribution >= 4 is 5.91 Å². The fourth-order valence-corrected chi connectivity index (χ4v) is 4.00. The Morgan fingerprint density at radius 3 is 2.25 bits per heavy atom. The number of nitrogens with zero attached hydrogens (tertiary/aromatic N) is 3. The van der Waals surface area contributed by atoms with Gasteiger partial charge < -0.3 is 14.4 Å². The van der Waals surface area contributed by atoms with E-state index in [1.807, 2.05) is 61.5 Å². The summed E-state index contributed by atoms with van der Waals surface area (Å²) in [7, 11) is 1.59. The van der Waals surface area contributed by atoms with Crippen molar-refractivity contribution in [2.75, 3.05) is 13.7 Å². The second-order valence-corrected chi connectivity index (χ2v) is 8.96. The normalized spacial score (nSPS) is 10.9. The molecule has 6 nitrogen and oxygen atoms in total. The molecule has 0 saturated carbocycles. The highest BCUT2D eigenvalue weighted by Crippen LogP contribution is 2.36. The van der Waals surface area contributed by atoms with Crippen molar-refractivity contribution in [3.63, 3.8) is 0 Å². The quantitative estimate of drug-likeness (QED) is 0.273. The van der Waals surface area contributed by atoms with E-state index >= 15 is 0 Å². The molecule has 0 aliphatic heterocycles. The van der Waals surface area contributed by atoms with Crippen LogP contribution in [0.25, 0.3) is 5.69 Å². The number of carbonyl (C=O) groups excluding carboxylic acids is 1. The average Bonchev–Trinajstić information content (AvgIpc) is 3.19. The molecule has 0 spiro atoms. The van der Waals surface area contributed by atoms with E-state index in [4.69, 9.17) is 14.6 Å². The van der Waals surface area contributed by atoms with Crippen molar-refractivity contribution < 1.29 is 18.7 Å². The fraction of sp³-hybridized carbons (Fsp3) is 0.241. The summed E-state index contributed by atoms with van der Waals surface area (Å²) >= 11 is 0. The third-order valence-electron chi connectivity index (χ3n) is 5.73. The van der Waals surface area contributed by atoms with Crippen LogP contribution in [0, 0.1) is 18.7 Å². The van der Waals surface area contributed by atoms with Crippen molar-refractivity contribution in [1.82, 2.24) is 14.7 Å². The molecule has 0 saturated heterocycles. The number of para-hydroxylation sites is 3. The molecule has 4 aromatic rings. The Bertz CT molecular complexity index is 1320. The van der Waals surface area contributed by atoms with Gasteiger partial charge in [-0.15, -0.1) is 0 Å². The maximum Gasteiger partial charge on any atom is 0.254 e. The molecule has 0 aliphatic rings. The molecule has 0 aliphatic carbocycles. The third kappa shape index (κ3) is 5.57. The van der Waals surface area contributed by atoms with Crippen molar-refractivity contribution in [3.05, 3.63) is 102 Å². The van der Waals surface area contributed by atoms with E-state index in [0.29, 0.717) is 29.5 Å². The van der Waals surface area contributed by atoms with Crippen LogP contribution in [0.3, 0.4) is 0 Å².